The Bertz CT molecular complexity index is 622. The number of halogens is 2. The molecule has 0 fully saturated rings. The summed E-state index contributed by atoms with van der Waals surface area (Å²) in [6, 6.07) is 14.1. The van der Waals surface area contributed by atoms with E-state index in [0.717, 1.165) is 5.56 Å². The first-order valence-corrected chi connectivity index (χ1v) is 7.23. The Balaban J connectivity index is 2.03. The molecular formula is C16H16Cl2N2O. The topological polar surface area (TPSA) is 41.1 Å². The molecule has 2 aromatic carbocycles. The SMILES string of the molecule is CC(C)(NC(=O)Nc1ccc(Cl)cc1)c1ccc(Cl)cc1. The summed E-state index contributed by atoms with van der Waals surface area (Å²) in [4.78, 5) is 12.1. The van der Waals surface area contributed by atoms with Crippen molar-refractivity contribution in [2.45, 2.75) is 19.4 Å². The number of hydrogen-bond donors (Lipinski definition) is 2. The van der Waals surface area contributed by atoms with Gasteiger partial charge in [-0.25, -0.2) is 4.79 Å². The minimum atomic E-state index is -0.513. The van der Waals surface area contributed by atoms with E-state index in [-0.39, 0.29) is 6.03 Å². The molecule has 0 bridgehead atoms. The van der Waals surface area contributed by atoms with E-state index in [1.807, 2.05) is 26.0 Å². The average molecular weight is 323 g/mol. The number of amides is 2. The van der Waals surface area contributed by atoms with Gasteiger partial charge in [-0.1, -0.05) is 35.3 Å². The van der Waals surface area contributed by atoms with Gasteiger partial charge in [0.25, 0.3) is 0 Å². The Labute approximate surface area is 134 Å². The number of carbonyl (C=O) groups is 1. The molecule has 0 heterocycles. The molecular weight excluding hydrogens is 307 g/mol. The van der Waals surface area contributed by atoms with Crippen molar-refractivity contribution in [3.8, 4) is 0 Å². The molecule has 0 aliphatic heterocycles. The van der Waals surface area contributed by atoms with Crippen molar-refractivity contribution in [3.63, 3.8) is 0 Å². The van der Waals surface area contributed by atoms with E-state index in [1.54, 1.807) is 36.4 Å². The van der Waals surface area contributed by atoms with Gasteiger partial charge in [-0.2, -0.15) is 0 Å². The minimum absolute atomic E-state index is 0.280. The first kappa shape index (κ1) is 15.7. The molecule has 0 aliphatic rings. The summed E-state index contributed by atoms with van der Waals surface area (Å²) in [5.41, 5.74) is 1.14. The largest absolute Gasteiger partial charge is 0.329 e. The lowest BCUT2D eigenvalue weighted by Gasteiger charge is -2.27. The zero-order valence-electron chi connectivity index (χ0n) is 11.8. The first-order valence-electron chi connectivity index (χ1n) is 6.47. The predicted molar refractivity (Wildman–Crippen MR) is 88.1 cm³/mol. The van der Waals surface area contributed by atoms with Gasteiger partial charge in [0.2, 0.25) is 0 Å². The van der Waals surface area contributed by atoms with Crippen molar-refractivity contribution < 1.29 is 4.79 Å². The highest BCUT2D eigenvalue weighted by Crippen LogP contribution is 2.22. The van der Waals surface area contributed by atoms with Crippen LogP contribution in [0.3, 0.4) is 0 Å². The van der Waals surface area contributed by atoms with E-state index in [1.165, 1.54) is 0 Å². The second kappa shape index (κ2) is 6.37. The molecule has 5 heteroatoms. The van der Waals surface area contributed by atoms with Gasteiger partial charge in [0.15, 0.2) is 0 Å². The maximum atomic E-state index is 12.1. The zero-order valence-corrected chi connectivity index (χ0v) is 13.3. The van der Waals surface area contributed by atoms with Crippen LogP contribution in [-0.2, 0) is 5.54 Å². The number of carbonyl (C=O) groups excluding carboxylic acids is 1. The Morgan fingerprint density at radius 2 is 1.38 bits per heavy atom. The van der Waals surface area contributed by atoms with Crippen LogP contribution in [0.25, 0.3) is 0 Å². The molecule has 0 spiro atoms. The highest BCUT2D eigenvalue weighted by Gasteiger charge is 2.22. The molecule has 0 aliphatic carbocycles. The monoisotopic (exact) mass is 322 g/mol. The average Bonchev–Trinajstić information content (AvgIpc) is 2.41. The Morgan fingerprint density at radius 3 is 1.90 bits per heavy atom. The van der Waals surface area contributed by atoms with Crippen LogP contribution in [0.4, 0.5) is 10.5 Å². The number of rotatable bonds is 3. The summed E-state index contributed by atoms with van der Waals surface area (Å²) >= 11 is 11.7. The third kappa shape index (κ3) is 4.38. The smallest absolute Gasteiger partial charge is 0.319 e. The van der Waals surface area contributed by atoms with Crippen LogP contribution in [-0.4, -0.2) is 6.03 Å². The molecule has 21 heavy (non-hydrogen) atoms. The van der Waals surface area contributed by atoms with E-state index in [2.05, 4.69) is 10.6 Å². The molecule has 0 radical (unpaired) electrons. The van der Waals surface area contributed by atoms with Crippen molar-refractivity contribution in [2.24, 2.45) is 0 Å². The van der Waals surface area contributed by atoms with Crippen LogP contribution >= 0.6 is 23.2 Å². The lowest BCUT2D eigenvalue weighted by molar-refractivity contribution is 0.242. The maximum absolute atomic E-state index is 12.1. The van der Waals surface area contributed by atoms with Crippen molar-refractivity contribution in [2.75, 3.05) is 5.32 Å². The number of benzene rings is 2. The van der Waals surface area contributed by atoms with Crippen LogP contribution in [0.2, 0.25) is 10.0 Å². The van der Waals surface area contributed by atoms with E-state index < -0.39 is 5.54 Å². The number of nitrogens with one attached hydrogen (secondary N) is 2. The molecule has 2 amide bonds. The summed E-state index contributed by atoms with van der Waals surface area (Å²) in [5, 5.41) is 6.99. The Hall–Kier alpha value is -1.71. The summed E-state index contributed by atoms with van der Waals surface area (Å²) in [6.07, 6.45) is 0. The number of anilines is 1. The molecule has 0 unspecified atom stereocenters. The van der Waals surface area contributed by atoms with Crippen LogP contribution in [0.1, 0.15) is 19.4 Å². The molecule has 2 aromatic rings. The maximum Gasteiger partial charge on any atom is 0.319 e. The highest BCUT2D eigenvalue weighted by molar-refractivity contribution is 6.30. The van der Waals surface area contributed by atoms with Gasteiger partial charge in [-0.05, 0) is 55.8 Å². The van der Waals surface area contributed by atoms with Crippen molar-refractivity contribution in [1.82, 2.24) is 5.32 Å². The molecule has 2 rings (SSSR count). The van der Waals surface area contributed by atoms with Crippen LogP contribution in [0.15, 0.2) is 48.5 Å². The second-order valence-electron chi connectivity index (χ2n) is 5.22. The summed E-state index contributed by atoms with van der Waals surface area (Å²) < 4.78 is 0. The minimum Gasteiger partial charge on any atom is -0.329 e. The fourth-order valence-electron chi connectivity index (χ4n) is 1.92. The van der Waals surface area contributed by atoms with Crippen molar-refractivity contribution >= 4 is 34.9 Å². The fraction of sp³-hybridized carbons (Fsp3) is 0.188. The van der Waals surface area contributed by atoms with Gasteiger partial charge >= 0.3 is 6.03 Å². The molecule has 0 saturated carbocycles. The van der Waals surface area contributed by atoms with Crippen LogP contribution in [0, 0.1) is 0 Å². The molecule has 3 nitrogen and oxygen atoms in total. The lowest BCUT2D eigenvalue weighted by atomic mass is 9.94. The molecule has 0 saturated heterocycles. The van der Waals surface area contributed by atoms with E-state index in [4.69, 9.17) is 23.2 Å². The normalized spacial score (nSPS) is 11.0. The molecule has 2 N–H and O–H groups in total. The third-order valence-corrected chi connectivity index (χ3v) is 3.60. The number of hydrogen-bond acceptors (Lipinski definition) is 1. The molecule has 0 atom stereocenters. The van der Waals surface area contributed by atoms with Crippen molar-refractivity contribution in [3.05, 3.63) is 64.1 Å². The van der Waals surface area contributed by atoms with E-state index in [9.17, 15) is 4.79 Å². The van der Waals surface area contributed by atoms with Gasteiger partial charge in [-0.3, -0.25) is 0 Å². The predicted octanol–water partition coefficient (Wildman–Crippen LogP) is 5.05. The standard InChI is InChI=1S/C16H16Cl2N2O/c1-16(2,11-3-5-12(17)6-4-11)20-15(21)19-14-9-7-13(18)8-10-14/h3-10H,1-2H3,(H2,19,20,21). The fourth-order valence-corrected chi connectivity index (χ4v) is 2.17. The van der Waals surface area contributed by atoms with Gasteiger partial charge in [0.05, 0.1) is 5.54 Å². The zero-order chi connectivity index (χ0) is 15.5. The molecule has 110 valence electrons. The molecule has 0 aromatic heterocycles. The van der Waals surface area contributed by atoms with Crippen molar-refractivity contribution in [1.29, 1.82) is 0 Å². The highest BCUT2D eigenvalue weighted by atomic mass is 35.5. The number of urea groups is 1. The van der Waals surface area contributed by atoms with Gasteiger partial charge < -0.3 is 10.6 Å². The summed E-state index contributed by atoms with van der Waals surface area (Å²) in [7, 11) is 0. The quantitative estimate of drug-likeness (QED) is 0.815. The van der Waals surface area contributed by atoms with Gasteiger partial charge in [0.1, 0.15) is 0 Å². The Morgan fingerprint density at radius 1 is 0.905 bits per heavy atom. The Kier molecular flexibility index (Phi) is 4.76. The lowest BCUT2D eigenvalue weighted by Crippen LogP contribution is -2.43. The van der Waals surface area contributed by atoms with Gasteiger partial charge in [0, 0.05) is 15.7 Å². The van der Waals surface area contributed by atoms with E-state index >= 15 is 0 Å². The second-order valence-corrected chi connectivity index (χ2v) is 6.09. The van der Waals surface area contributed by atoms with Gasteiger partial charge in [-0.15, -0.1) is 0 Å². The summed E-state index contributed by atoms with van der Waals surface area (Å²) in [6.45, 7) is 3.86. The van der Waals surface area contributed by atoms with Crippen LogP contribution < -0.4 is 10.6 Å². The summed E-state index contributed by atoms with van der Waals surface area (Å²) in [5.74, 6) is 0. The first-order chi connectivity index (χ1) is 9.87. The van der Waals surface area contributed by atoms with Crippen LogP contribution in [0.5, 0.6) is 0 Å². The third-order valence-electron chi connectivity index (χ3n) is 3.09. The van der Waals surface area contributed by atoms with E-state index in [0.29, 0.717) is 15.7 Å².